The summed E-state index contributed by atoms with van der Waals surface area (Å²) >= 11 is 0. The van der Waals surface area contributed by atoms with Crippen molar-refractivity contribution in [1.29, 1.82) is 0 Å². The molecule has 0 spiro atoms. The van der Waals surface area contributed by atoms with Crippen molar-refractivity contribution in [3.63, 3.8) is 0 Å². The van der Waals surface area contributed by atoms with Gasteiger partial charge in [-0.15, -0.1) is 0 Å². The molecule has 2 fully saturated rings. The standard InChI is InChI=1S/C15H16N6O2/c1-7-2-17-13-11(7)15(22)21(6-18-13)5-10-19-14(20-23-10)12-8-3-16-4-9(8)12/h2,6-9,12,16H,3-5H2,1H3/t7?,8-,9+,12?. The normalized spacial score (nSPS) is 30.5. The van der Waals surface area contributed by atoms with E-state index in [2.05, 4.69) is 25.4 Å². The van der Waals surface area contributed by atoms with Crippen LogP contribution in [0.3, 0.4) is 0 Å². The lowest BCUT2D eigenvalue weighted by molar-refractivity contribution is 0.363. The van der Waals surface area contributed by atoms with Crippen LogP contribution in [0.5, 0.6) is 0 Å². The van der Waals surface area contributed by atoms with E-state index in [1.807, 2.05) is 6.92 Å². The number of hydrogen-bond acceptors (Lipinski definition) is 7. The van der Waals surface area contributed by atoms with Gasteiger partial charge in [-0.3, -0.25) is 9.36 Å². The molecule has 2 unspecified atom stereocenters. The summed E-state index contributed by atoms with van der Waals surface area (Å²) in [7, 11) is 0. The maximum absolute atomic E-state index is 12.5. The van der Waals surface area contributed by atoms with Gasteiger partial charge in [0.2, 0.25) is 5.89 Å². The third-order valence-electron chi connectivity index (χ3n) is 5.11. The number of rotatable bonds is 3. The van der Waals surface area contributed by atoms with Crippen LogP contribution < -0.4 is 10.9 Å². The van der Waals surface area contributed by atoms with Gasteiger partial charge in [-0.05, 0) is 24.9 Å². The van der Waals surface area contributed by atoms with E-state index in [0.717, 1.165) is 18.9 Å². The SMILES string of the molecule is CC1C=Nc2ncn(Cc3nc(C4[C@H]5CNC[C@@H]45)no3)c(=O)c21. The van der Waals surface area contributed by atoms with Crippen molar-refractivity contribution in [3.05, 3.63) is 34.0 Å². The lowest BCUT2D eigenvalue weighted by Gasteiger charge is -2.05. The Morgan fingerprint density at radius 3 is 3.04 bits per heavy atom. The predicted octanol–water partition coefficient (Wildman–Crippen LogP) is 0.427. The van der Waals surface area contributed by atoms with E-state index in [9.17, 15) is 4.79 Å². The number of piperidine rings is 1. The van der Waals surface area contributed by atoms with Gasteiger partial charge in [0.15, 0.2) is 11.6 Å². The molecule has 8 heteroatoms. The highest BCUT2D eigenvalue weighted by Crippen LogP contribution is 2.54. The summed E-state index contributed by atoms with van der Waals surface area (Å²) in [6.07, 6.45) is 3.24. The van der Waals surface area contributed by atoms with Crippen LogP contribution in [-0.2, 0) is 6.54 Å². The van der Waals surface area contributed by atoms with Gasteiger partial charge in [0.1, 0.15) is 12.9 Å². The van der Waals surface area contributed by atoms with Gasteiger partial charge in [-0.25, -0.2) is 9.98 Å². The van der Waals surface area contributed by atoms with Crippen molar-refractivity contribution in [2.45, 2.75) is 25.3 Å². The maximum atomic E-state index is 12.5. The number of aliphatic imine (C=N–C) groups is 1. The fourth-order valence-corrected chi connectivity index (χ4v) is 3.78. The minimum atomic E-state index is -0.0905. The van der Waals surface area contributed by atoms with E-state index in [1.54, 1.807) is 6.21 Å². The van der Waals surface area contributed by atoms with Gasteiger partial charge in [0.25, 0.3) is 5.56 Å². The summed E-state index contributed by atoms with van der Waals surface area (Å²) in [5.74, 6) is 3.43. The van der Waals surface area contributed by atoms with Crippen LogP contribution in [0.4, 0.5) is 5.82 Å². The van der Waals surface area contributed by atoms with Crippen molar-refractivity contribution < 1.29 is 4.52 Å². The van der Waals surface area contributed by atoms with E-state index in [1.165, 1.54) is 10.9 Å². The highest BCUT2D eigenvalue weighted by atomic mass is 16.5. The largest absolute Gasteiger partial charge is 0.337 e. The van der Waals surface area contributed by atoms with Crippen LogP contribution in [0.15, 0.2) is 20.6 Å². The first-order chi connectivity index (χ1) is 11.2. The Hall–Kier alpha value is -2.35. The zero-order valence-corrected chi connectivity index (χ0v) is 12.6. The van der Waals surface area contributed by atoms with Crippen LogP contribution in [0.1, 0.15) is 36.0 Å². The number of hydrogen-bond donors (Lipinski definition) is 1. The minimum Gasteiger partial charge on any atom is -0.337 e. The van der Waals surface area contributed by atoms with Crippen LogP contribution in [0.2, 0.25) is 0 Å². The molecule has 2 aromatic heterocycles. The molecule has 5 rings (SSSR count). The quantitative estimate of drug-likeness (QED) is 0.882. The molecule has 0 bridgehead atoms. The molecule has 2 aromatic rings. The third-order valence-corrected chi connectivity index (χ3v) is 5.11. The van der Waals surface area contributed by atoms with E-state index in [4.69, 9.17) is 4.52 Å². The van der Waals surface area contributed by atoms with E-state index in [0.29, 0.717) is 35.0 Å². The molecule has 1 saturated carbocycles. The van der Waals surface area contributed by atoms with Gasteiger partial charge in [-0.2, -0.15) is 4.98 Å². The van der Waals surface area contributed by atoms with Gasteiger partial charge in [-0.1, -0.05) is 12.1 Å². The molecular formula is C15H16N6O2. The minimum absolute atomic E-state index is 0.00552. The summed E-state index contributed by atoms with van der Waals surface area (Å²) in [5, 5.41) is 7.45. The first kappa shape index (κ1) is 13.1. The number of fused-ring (bicyclic) bond motifs is 2. The van der Waals surface area contributed by atoms with Crippen molar-refractivity contribution in [2.24, 2.45) is 16.8 Å². The number of nitrogens with one attached hydrogen (secondary N) is 1. The van der Waals surface area contributed by atoms with Gasteiger partial charge < -0.3 is 9.84 Å². The van der Waals surface area contributed by atoms with E-state index in [-0.39, 0.29) is 18.0 Å². The Kier molecular flexibility index (Phi) is 2.61. The molecule has 1 N–H and O–H groups in total. The monoisotopic (exact) mass is 312 g/mol. The fourth-order valence-electron chi connectivity index (χ4n) is 3.78. The number of nitrogens with zero attached hydrogens (tertiary/aromatic N) is 5. The predicted molar refractivity (Wildman–Crippen MR) is 81.1 cm³/mol. The molecule has 23 heavy (non-hydrogen) atoms. The molecule has 118 valence electrons. The summed E-state index contributed by atoms with van der Waals surface area (Å²) < 4.78 is 6.85. The maximum Gasteiger partial charge on any atom is 0.259 e. The van der Waals surface area contributed by atoms with E-state index >= 15 is 0 Å². The average molecular weight is 312 g/mol. The Labute approximate surface area is 131 Å². The molecule has 0 aromatic carbocycles. The second kappa shape index (κ2) is 4.58. The van der Waals surface area contributed by atoms with Gasteiger partial charge >= 0.3 is 0 Å². The van der Waals surface area contributed by atoms with E-state index < -0.39 is 0 Å². The molecule has 1 aliphatic carbocycles. The first-order valence-corrected chi connectivity index (χ1v) is 7.89. The smallest absolute Gasteiger partial charge is 0.259 e. The summed E-state index contributed by atoms with van der Waals surface area (Å²) in [4.78, 5) is 25.4. The lowest BCUT2D eigenvalue weighted by Crippen LogP contribution is -2.25. The molecule has 2 aliphatic heterocycles. The average Bonchev–Trinajstić information content (AvgIpc) is 3.01. The molecule has 8 nitrogen and oxygen atoms in total. The summed E-state index contributed by atoms with van der Waals surface area (Å²) in [6.45, 7) is 4.25. The van der Waals surface area contributed by atoms with Crippen LogP contribution in [-0.4, -0.2) is 39.0 Å². The van der Waals surface area contributed by atoms with Crippen molar-refractivity contribution >= 4 is 12.0 Å². The molecular weight excluding hydrogens is 296 g/mol. The topological polar surface area (TPSA) is 98.2 Å². The third kappa shape index (κ3) is 1.91. The Morgan fingerprint density at radius 2 is 2.22 bits per heavy atom. The molecule has 0 radical (unpaired) electrons. The lowest BCUT2D eigenvalue weighted by atomic mass is 10.1. The summed E-state index contributed by atoms with van der Waals surface area (Å²) in [5.41, 5.74) is 0.544. The zero-order valence-electron chi connectivity index (χ0n) is 12.6. The van der Waals surface area contributed by atoms with Crippen LogP contribution >= 0.6 is 0 Å². The van der Waals surface area contributed by atoms with Crippen LogP contribution in [0, 0.1) is 11.8 Å². The molecule has 4 heterocycles. The van der Waals surface area contributed by atoms with Crippen molar-refractivity contribution in [3.8, 4) is 0 Å². The second-order valence-corrected chi connectivity index (χ2v) is 6.54. The Balaban J connectivity index is 1.40. The van der Waals surface area contributed by atoms with Crippen molar-refractivity contribution in [2.75, 3.05) is 13.1 Å². The Morgan fingerprint density at radius 1 is 1.39 bits per heavy atom. The van der Waals surface area contributed by atoms with Crippen molar-refractivity contribution in [1.82, 2.24) is 25.0 Å². The number of aromatic nitrogens is 4. The highest BCUT2D eigenvalue weighted by Gasteiger charge is 2.55. The van der Waals surface area contributed by atoms with Gasteiger partial charge in [0.05, 0.1) is 5.56 Å². The molecule has 3 aliphatic rings. The Bertz CT molecular complexity index is 859. The van der Waals surface area contributed by atoms with Gasteiger partial charge in [0, 0.05) is 18.1 Å². The van der Waals surface area contributed by atoms with Crippen LogP contribution in [0.25, 0.3) is 0 Å². The first-order valence-electron chi connectivity index (χ1n) is 7.89. The second-order valence-electron chi connectivity index (χ2n) is 6.54. The molecule has 4 atom stereocenters. The zero-order chi connectivity index (χ0) is 15.6. The summed E-state index contributed by atoms with van der Waals surface area (Å²) in [6, 6.07) is 0. The molecule has 0 amide bonds. The highest BCUT2D eigenvalue weighted by molar-refractivity contribution is 5.77. The molecule has 1 saturated heterocycles. The fraction of sp³-hybridized carbons (Fsp3) is 0.533.